The Kier molecular flexibility index (Phi) is 6.48. The molecule has 1 aliphatic rings. The molecule has 0 radical (unpaired) electrons. The van der Waals surface area contributed by atoms with Crippen molar-refractivity contribution in [2.75, 3.05) is 10.0 Å². The first-order valence-electron chi connectivity index (χ1n) is 10.4. The SMILES string of the molecule is NC(=O)c1c(NC(=O)c2cccc(NS(=O)(=O)c3ccc(F)cc3)c2)sc2c1CCCCC2. The monoisotopic (exact) mass is 487 g/mol. The fraction of sp³-hybridized carbons (Fsp3) is 0.217. The minimum absolute atomic E-state index is 0.107. The molecule has 4 N–H and O–H groups in total. The van der Waals surface area contributed by atoms with Gasteiger partial charge >= 0.3 is 0 Å². The molecule has 0 bridgehead atoms. The van der Waals surface area contributed by atoms with Gasteiger partial charge in [0, 0.05) is 16.1 Å². The number of halogens is 1. The molecular formula is C23H22FN3O4S2. The van der Waals surface area contributed by atoms with Gasteiger partial charge in [-0.15, -0.1) is 11.3 Å². The molecule has 3 aromatic rings. The van der Waals surface area contributed by atoms with Crippen molar-refractivity contribution in [3.8, 4) is 0 Å². The van der Waals surface area contributed by atoms with Gasteiger partial charge in [-0.1, -0.05) is 12.5 Å². The molecular weight excluding hydrogens is 465 g/mol. The molecule has 0 fully saturated rings. The Morgan fingerprint density at radius 3 is 2.45 bits per heavy atom. The first-order chi connectivity index (χ1) is 15.7. The van der Waals surface area contributed by atoms with E-state index in [0.29, 0.717) is 10.6 Å². The molecule has 1 heterocycles. The highest BCUT2D eigenvalue weighted by Crippen LogP contribution is 2.37. The number of carbonyl (C=O) groups is 2. The molecule has 0 unspecified atom stereocenters. The Labute approximate surface area is 194 Å². The van der Waals surface area contributed by atoms with Crippen LogP contribution >= 0.6 is 11.3 Å². The molecule has 1 aliphatic carbocycles. The average Bonchev–Trinajstić information content (AvgIpc) is 2.94. The second-order valence-corrected chi connectivity index (χ2v) is 10.5. The van der Waals surface area contributed by atoms with E-state index in [-0.39, 0.29) is 16.1 Å². The number of nitrogens with one attached hydrogen (secondary N) is 2. The van der Waals surface area contributed by atoms with Crippen LogP contribution < -0.4 is 15.8 Å². The molecule has 0 aliphatic heterocycles. The molecule has 2 amide bonds. The molecule has 172 valence electrons. The number of benzene rings is 2. The summed E-state index contributed by atoms with van der Waals surface area (Å²) in [4.78, 5) is 26.0. The smallest absolute Gasteiger partial charge is 0.261 e. The van der Waals surface area contributed by atoms with Gasteiger partial charge in [0.25, 0.3) is 21.8 Å². The Morgan fingerprint density at radius 2 is 1.73 bits per heavy atom. The van der Waals surface area contributed by atoms with Crippen molar-refractivity contribution in [1.29, 1.82) is 0 Å². The summed E-state index contributed by atoms with van der Waals surface area (Å²) in [6.07, 6.45) is 4.67. The lowest BCUT2D eigenvalue weighted by atomic mass is 10.1. The van der Waals surface area contributed by atoms with Crippen LogP contribution in [0.3, 0.4) is 0 Å². The van der Waals surface area contributed by atoms with Gasteiger partial charge in [-0.25, -0.2) is 12.8 Å². The van der Waals surface area contributed by atoms with Gasteiger partial charge < -0.3 is 11.1 Å². The molecule has 0 saturated heterocycles. The highest BCUT2D eigenvalue weighted by molar-refractivity contribution is 7.92. The van der Waals surface area contributed by atoms with E-state index in [1.54, 1.807) is 0 Å². The van der Waals surface area contributed by atoms with Gasteiger partial charge in [-0.2, -0.15) is 0 Å². The molecule has 4 rings (SSSR count). The topological polar surface area (TPSA) is 118 Å². The van der Waals surface area contributed by atoms with Crippen LogP contribution in [0, 0.1) is 5.82 Å². The number of fused-ring (bicyclic) bond motifs is 1. The summed E-state index contributed by atoms with van der Waals surface area (Å²) >= 11 is 1.36. The number of hydrogen-bond donors (Lipinski definition) is 3. The molecule has 0 spiro atoms. The van der Waals surface area contributed by atoms with Crippen LogP contribution in [0.1, 0.15) is 50.4 Å². The van der Waals surface area contributed by atoms with E-state index in [4.69, 9.17) is 5.73 Å². The van der Waals surface area contributed by atoms with E-state index in [9.17, 15) is 22.4 Å². The van der Waals surface area contributed by atoms with Crippen LogP contribution in [0.15, 0.2) is 53.4 Å². The molecule has 0 atom stereocenters. The molecule has 2 aromatic carbocycles. The van der Waals surface area contributed by atoms with E-state index >= 15 is 0 Å². The van der Waals surface area contributed by atoms with Gasteiger partial charge in [0.05, 0.1) is 10.5 Å². The lowest BCUT2D eigenvalue weighted by Crippen LogP contribution is -2.18. The highest BCUT2D eigenvalue weighted by Gasteiger charge is 2.24. The van der Waals surface area contributed by atoms with Crippen molar-refractivity contribution >= 4 is 43.9 Å². The number of anilines is 2. The molecule has 33 heavy (non-hydrogen) atoms. The number of amides is 2. The summed E-state index contributed by atoms with van der Waals surface area (Å²) in [5.41, 5.74) is 7.27. The van der Waals surface area contributed by atoms with Gasteiger partial charge in [-0.3, -0.25) is 14.3 Å². The molecule has 1 aromatic heterocycles. The van der Waals surface area contributed by atoms with E-state index in [1.807, 2.05) is 0 Å². The zero-order valence-corrected chi connectivity index (χ0v) is 19.2. The van der Waals surface area contributed by atoms with Crippen molar-refractivity contribution < 1.29 is 22.4 Å². The zero-order chi connectivity index (χ0) is 23.6. The van der Waals surface area contributed by atoms with Crippen LogP contribution in [-0.2, 0) is 22.9 Å². The van der Waals surface area contributed by atoms with Crippen molar-refractivity contribution in [2.45, 2.75) is 37.0 Å². The van der Waals surface area contributed by atoms with Gasteiger partial charge in [0.15, 0.2) is 0 Å². The van der Waals surface area contributed by atoms with Crippen LogP contribution in [0.2, 0.25) is 0 Å². The van der Waals surface area contributed by atoms with Gasteiger partial charge in [0.1, 0.15) is 10.8 Å². The largest absolute Gasteiger partial charge is 0.365 e. The number of nitrogens with two attached hydrogens (primary N) is 1. The lowest BCUT2D eigenvalue weighted by Gasteiger charge is -2.10. The maximum Gasteiger partial charge on any atom is 0.261 e. The van der Waals surface area contributed by atoms with E-state index in [0.717, 1.165) is 66.8 Å². The first-order valence-corrected chi connectivity index (χ1v) is 12.7. The fourth-order valence-corrected chi connectivity index (χ4v) is 6.16. The Bertz CT molecular complexity index is 1320. The Balaban J connectivity index is 1.56. The number of aryl methyl sites for hydroxylation is 1. The second kappa shape index (κ2) is 9.32. The van der Waals surface area contributed by atoms with E-state index in [1.165, 1.54) is 35.6 Å². The number of rotatable bonds is 6. The van der Waals surface area contributed by atoms with Crippen LogP contribution in [0.5, 0.6) is 0 Å². The number of primary amides is 1. The minimum atomic E-state index is -3.96. The molecule has 7 nitrogen and oxygen atoms in total. The summed E-state index contributed by atoms with van der Waals surface area (Å²) in [6, 6.07) is 10.4. The average molecular weight is 488 g/mol. The lowest BCUT2D eigenvalue weighted by molar-refractivity contribution is 0.100. The summed E-state index contributed by atoms with van der Waals surface area (Å²) in [6.45, 7) is 0. The normalized spacial score (nSPS) is 13.6. The predicted molar refractivity (Wildman–Crippen MR) is 126 cm³/mol. The summed E-state index contributed by atoms with van der Waals surface area (Å²) in [5, 5.41) is 3.19. The van der Waals surface area contributed by atoms with Gasteiger partial charge in [0.2, 0.25) is 0 Å². The number of hydrogen-bond acceptors (Lipinski definition) is 5. The van der Waals surface area contributed by atoms with Crippen molar-refractivity contribution in [2.24, 2.45) is 5.73 Å². The number of thiophene rings is 1. The maximum absolute atomic E-state index is 13.1. The Hall–Kier alpha value is -3.24. The van der Waals surface area contributed by atoms with Crippen LogP contribution in [0.25, 0.3) is 0 Å². The second-order valence-electron chi connectivity index (χ2n) is 7.73. The van der Waals surface area contributed by atoms with Crippen molar-refractivity contribution in [3.63, 3.8) is 0 Å². The summed E-state index contributed by atoms with van der Waals surface area (Å²) in [7, 11) is -3.96. The van der Waals surface area contributed by atoms with E-state index < -0.39 is 27.7 Å². The predicted octanol–water partition coefficient (Wildman–Crippen LogP) is 4.31. The first kappa shape index (κ1) is 22.9. The summed E-state index contributed by atoms with van der Waals surface area (Å²) in [5.74, 6) is -1.61. The van der Waals surface area contributed by atoms with Crippen LogP contribution in [-0.4, -0.2) is 20.2 Å². The summed E-state index contributed by atoms with van der Waals surface area (Å²) < 4.78 is 40.6. The van der Waals surface area contributed by atoms with Crippen molar-refractivity contribution in [1.82, 2.24) is 0 Å². The minimum Gasteiger partial charge on any atom is -0.365 e. The van der Waals surface area contributed by atoms with Gasteiger partial charge in [-0.05, 0) is 73.7 Å². The standard InChI is InChI=1S/C23H22FN3O4S2/c24-15-9-11-17(12-10-15)33(30,31)27-16-6-4-5-14(13-16)22(29)26-23-20(21(25)28)18-7-2-1-3-8-19(18)32-23/h4-6,9-13,27H,1-3,7-8H2,(H2,25,28)(H,26,29). The fourth-order valence-electron chi connectivity index (χ4n) is 3.82. The van der Waals surface area contributed by atoms with Crippen molar-refractivity contribution in [3.05, 3.63) is 75.9 Å². The zero-order valence-electron chi connectivity index (χ0n) is 17.6. The quantitative estimate of drug-likeness (QED) is 0.449. The Morgan fingerprint density at radius 1 is 1.00 bits per heavy atom. The van der Waals surface area contributed by atoms with Crippen LogP contribution in [0.4, 0.5) is 15.1 Å². The third-order valence-electron chi connectivity index (χ3n) is 5.40. The van der Waals surface area contributed by atoms with E-state index in [2.05, 4.69) is 10.0 Å². The molecule has 10 heteroatoms. The molecule has 0 saturated carbocycles. The third-order valence-corrected chi connectivity index (χ3v) is 8.00. The number of sulfonamides is 1. The third kappa shape index (κ3) is 5.07. The maximum atomic E-state index is 13.1. The number of carbonyl (C=O) groups excluding carboxylic acids is 2. The highest BCUT2D eigenvalue weighted by atomic mass is 32.2.